The fraction of sp³-hybridized carbons (Fsp3) is 0.217. The molecule has 0 unspecified atom stereocenters. The van der Waals surface area contributed by atoms with E-state index in [0.29, 0.717) is 16.4 Å². The normalized spacial score (nSPS) is 15.6. The number of aromatic nitrogens is 4. The second-order valence-corrected chi connectivity index (χ2v) is 11.0. The molecule has 3 aromatic heterocycles. The molecule has 1 aliphatic rings. The summed E-state index contributed by atoms with van der Waals surface area (Å²) in [5.74, 6) is -1.53. The third-order valence-electron chi connectivity index (χ3n) is 5.80. The van der Waals surface area contributed by atoms with Crippen LogP contribution in [-0.2, 0) is 16.0 Å². The van der Waals surface area contributed by atoms with Gasteiger partial charge in [-0.3, -0.25) is 9.36 Å². The van der Waals surface area contributed by atoms with Crippen molar-refractivity contribution in [2.24, 2.45) is 0 Å². The summed E-state index contributed by atoms with van der Waals surface area (Å²) in [6.45, 7) is 0.202. The second-order valence-electron chi connectivity index (χ2n) is 8.26. The van der Waals surface area contributed by atoms with Crippen LogP contribution in [0.4, 0.5) is 13.2 Å². The molecule has 0 spiro atoms. The van der Waals surface area contributed by atoms with Gasteiger partial charge in [0.15, 0.2) is 9.84 Å². The number of halogens is 4. The molecule has 192 valence electrons. The summed E-state index contributed by atoms with van der Waals surface area (Å²) < 4.78 is 70.4. The van der Waals surface area contributed by atoms with Crippen molar-refractivity contribution in [2.45, 2.75) is 6.18 Å². The molecule has 37 heavy (non-hydrogen) atoms. The van der Waals surface area contributed by atoms with Gasteiger partial charge < -0.3 is 9.42 Å². The lowest BCUT2D eigenvalue weighted by atomic mass is 10.0. The number of carbonyl (C=O) groups is 1. The topological polar surface area (TPSA) is 111 Å². The van der Waals surface area contributed by atoms with Crippen molar-refractivity contribution in [3.8, 4) is 28.3 Å². The van der Waals surface area contributed by atoms with Crippen LogP contribution in [0.2, 0.25) is 5.02 Å². The first-order valence-corrected chi connectivity index (χ1v) is 13.0. The van der Waals surface area contributed by atoms with Gasteiger partial charge in [-0.2, -0.15) is 13.2 Å². The Bertz CT molecular complexity index is 1550. The Morgan fingerprint density at radius 2 is 1.73 bits per heavy atom. The van der Waals surface area contributed by atoms with Crippen LogP contribution in [0.3, 0.4) is 0 Å². The van der Waals surface area contributed by atoms with Crippen molar-refractivity contribution in [3.05, 3.63) is 71.5 Å². The average molecular weight is 552 g/mol. The van der Waals surface area contributed by atoms with Crippen molar-refractivity contribution in [1.29, 1.82) is 0 Å². The lowest BCUT2D eigenvalue weighted by Crippen LogP contribution is -2.43. The van der Waals surface area contributed by atoms with Gasteiger partial charge in [-0.05, 0) is 24.3 Å². The van der Waals surface area contributed by atoms with E-state index in [-0.39, 0.29) is 53.0 Å². The molecule has 1 saturated heterocycles. The van der Waals surface area contributed by atoms with Crippen LogP contribution in [0, 0.1) is 0 Å². The maximum Gasteiger partial charge on any atom is 0.453 e. The Balaban J connectivity index is 1.43. The van der Waals surface area contributed by atoms with E-state index < -0.39 is 21.8 Å². The third-order valence-corrected chi connectivity index (χ3v) is 7.66. The number of pyridine rings is 1. The Labute approximate surface area is 213 Å². The molecule has 14 heteroatoms. The molecule has 1 aliphatic heterocycles. The van der Waals surface area contributed by atoms with Crippen LogP contribution in [0.5, 0.6) is 0 Å². The van der Waals surface area contributed by atoms with Crippen LogP contribution in [0.15, 0.2) is 59.6 Å². The van der Waals surface area contributed by atoms with E-state index in [1.54, 1.807) is 0 Å². The largest absolute Gasteiger partial charge is 0.453 e. The Morgan fingerprint density at radius 1 is 1.03 bits per heavy atom. The number of sulfone groups is 1. The molecule has 0 saturated carbocycles. The summed E-state index contributed by atoms with van der Waals surface area (Å²) in [6.07, 6.45) is -0.862. The third kappa shape index (κ3) is 5.09. The van der Waals surface area contributed by atoms with Crippen LogP contribution < -0.4 is 0 Å². The summed E-state index contributed by atoms with van der Waals surface area (Å²) in [4.78, 5) is 22.5. The minimum absolute atomic E-state index is 0.0463. The molecule has 1 aromatic carbocycles. The number of nitrogens with zero attached hydrogens (tertiary/aromatic N) is 5. The van der Waals surface area contributed by atoms with Gasteiger partial charge in [-0.15, -0.1) is 0 Å². The second kappa shape index (κ2) is 9.30. The van der Waals surface area contributed by atoms with Gasteiger partial charge in [-0.1, -0.05) is 28.9 Å². The van der Waals surface area contributed by atoms with Crippen LogP contribution in [0.25, 0.3) is 28.3 Å². The molecule has 4 aromatic rings. The van der Waals surface area contributed by atoms with Gasteiger partial charge in [0.25, 0.3) is 5.91 Å². The number of rotatable bonds is 4. The van der Waals surface area contributed by atoms with E-state index in [1.807, 2.05) is 0 Å². The number of amides is 1. The van der Waals surface area contributed by atoms with Crippen molar-refractivity contribution < 1.29 is 30.9 Å². The highest BCUT2D eigenvalue weighted by Crippen LogP contribution is 2.42. The van der Waals surface area contributed by atoms with E-state index in [9.17, 15) is 26.4 Å². The first-order chi connectivity index (χ1) is 17.5. The predicted molar refractivity (Wildman–Crippen MR) is 127 cm³/mol. The predicted octanol–water partition coefficient (Wildman–Crippen LogP) is 4.13. The smallest absolute Gasteiger partial charge is 0.350 e. The average Bonchev–Trinajstić information content (AvgIpc) is 3.52. The zero-order valence-corrected chi connectivity index (χ0v) is 20.4. The van der Waals surface area contributed by atoms with Gasteiger partial charge in [0.05, 0.1) is 28.3 Å². The lowest BCUT2D eigenvalue weighted by molar-refractivity contribution is -0.154. The molecule has 0 N–H and O–H groups in total. The fourth-order valence-corrected chi connectivity index (χ4v) is 5.19. The summed E-state index contributed by atoms with van der Waals surface area (Å²) >= 11 is 5.90. The molecule has 1 amide bonds. The molecular weight excluding hydrogens is 535 g/mol. The molecule has 1 fully saturated rings. The number of imidazole rings is 1. The summed E-state index contributed by atoms with van der Waals surface area (Å²) in [5, 5.41) is 4.05. The summed E-state index contributed by atoms with van der Waals surface area (Å²) in [5.41, 5.74) is 0.189. The van der Waals surface area contributed by atoms with Crippen molar-refractivity contribution in [3.63, 3.8) is 0 Å². The molecular formula is C23H17ClF3N5O4S. The number of benzene rings is 1. The van der Waals surface area contributed by atoms with E-state index in [4.69, 9.17) is 11.6 Å². The number of carbonyl (C=O) groups excluding carboxylic acids is 1. The SMILES string of the molecule is O=C(c1ccc(-n2cnc(-c3c(-c4ccc(Cl)cc4)noc3C(F)(F)F)c2)nc1)N1CCS(=O)(=O)CC1. The molecule has 5 rings (SSSR count). The molecule has 4 heterocycles. The van der Waals surface area contributed by atoms with Gasteiger partial charge in [-0.25, -0.2) is 18.4 Å². The quantitative estimate of drug-likeness (QED) is 0.375. The van der Waals surface area contributed by atoms with E-state index in [2.05, 4.69) is 19.6 Å². The van der Waals surface area contributed by atoms with Crippen LogP contribution >= 0.6 is 11.6 Å². The van der Waals surface area contributed by atoms with Crippen molar-refractivity contribution in [1.82, 2.24) is 24.6 Å². The first kappa shape index (κ1) is 25.0. The van der Waals surface area contributed by atoms with Gasteiger partial charge in [0, 0.05) is 36.1 Å². The maximum atomic E-state index is 13.7. The number of alkyl halides is 3. The minimum atomic E-state index is -4.81. The molecule has 0 bridgehead atoms. The lowest BCUT2D eigenvalue weighted by Gasteiger charge is -2.26. The van der Waals surface area contributed by atoms with E-state index in [1.165, 1.54) is 64.6 Å². The van der Waals surface area contributed by atoms with Gasteiger partial charge in [0.2, 0.25) is 5.76 Å². The Kier molecular flexibility index (Phi) is 6.28. The monoisotopic (exact) mass is 551 g/mol. The highest BCUT2D eigenvalue weighted by Gasteiger charge is 2.41. The van der Waals surface area contributed by atoms with E-state index in [0.717, 1.165) is 0 Å². The zero-order valence-electron chi connectivity index (χ0n) is 18.8. The minimum Gasteiger partial charge on any atom is -0.350 e. The standard InChI is InChI=1S/C23H17ClF3N5O4S/c24-16-4-1-14(2-5-16)20-19(21(36-30-20)23(25,26)27)17-12-32(13-29-17)18-6-3-15(11-28-18)22(33)31-7-9-37(34,35)10-8-31/h1-6,11-13H,7-10H2. The fourth-order valence-electron chi connectivity index (χ4n) is 3.87. The van der Waals surface area contributed by atoms with Gasteiger partial charge in [0.1, 0.15) is 17.8 Å². The van der Waals surface area contributed by atoms with Crippen LogP contribution in [0.1, 0.15) is 16.1 Å². The number of hydrogen-bond acceptors (Lipinski definition) is 7. The Hall–Kier alpha value is -3.71. The van der Waals surface area contributed by atoms with Crippen molar-refractivity contribution in [2.75, 3.05) is 24.6 Å². The summed E-state index contributed by atoms with van der Waals surface area (Å²) in [6, 6.07) is 9.12. The summed E-state index contributed by atoms with van der Waals surface area (Å²) in [7, 11) is -3.13. The molecule has 0 radical (unpaired) electrons. The van der Waals surface area contributed by atoms with Crippen molar-refractivity contribution >= 4 is 27.3 Å². The Morgan fingerprint density at radius 3 is 2.35 bits per heavy atom. The first-order valence-electron chi connectivity index (χ1n) is 10.9. The zero-order chi connectivity index (χ0) is 26.4. The molecule has 0 aliphatic carbocycles. The highest BCUT2D eigenvalue weighted by atomic mass is 35.5. The highest BCUT2D eigenvalue weighted by molar-refractivity contribution is 7.91. The molecule has 9 nitrogen and oxygen atoms in total. The number of hydrogen-bond donors (Lipinski definition) is 0. The maximum absolute atomic E-state index is 13.7. The van der Waals surface area contributed by atoms with Gasteiger partial charge >= 0.3 is 6.18 Å². The van der Waals surface area contributed by atoms with E-state index >= 15 is 0 Å². The molecule has 0 atom stereocenters. The van der Waals surface area contributed by atoms with Crippen LogP contribution in [-0.4, -0.2) is 63.5 Å².